The number of carbonyl (C=O) groups is 1. The summed E-state index contributed by atoms with van der Waals surface area (Å²) >= 11 is 5.92. The fourth-order valence-electron chi connectivity index (χ4n) is 2.37. The summed E-state index contributed by atoms with van der Waals surface area (Å²) in [6.07, 6.45) is 2.66. The van der Waals surface area contributed by atoms with Gasteiger partial charge in [0.2, 0.25) is 5.91 Å². The van der Waals surface area contributed by atoms with E-state index in [1.165, 1.54) is 6.07 Å². The van der Waals surface area contributed by atoms with Gasteiger partial charge < -0.3 is 10.1 Å². The maximum absolute atomic E-state index is 13.6. The van der Waals surface area contributed by atoms with Crippen LogP contribution in [0.15, 0.2) is 18.2 Å². The number of halogens is 2. The molecule has 2 rings (SSSR count). The van der Waals surface area contributed by atoms with Gasteiger partial charge in [-0.05, 0) is 25.0 Å². The SMILES string of the molecule is COCC1(C(=O)NCc2c(F)cccc2Cl)CCC1. The predicted molar refractivity (Wildman–Crippen MR) is 71.4 cm³/mol. The summed E-state index contributed by atoms with van der Waals surface area (Å²) in [6, 6.07) is 4.49. The first-order valence-electron chi connectivity index (χ1n) is 6.29. The highest BCUT2D eigenvalue weighted by molar-refractivity contribution is 6.31. The second-order valence-corrected chi connectivity index (χ2v) is 5.36. The summed E-state index contributed by atoms with van der Waals surface area (Å²) in [7, 11) is 1.58. The Morgan fingerprint density at radius 1 is 1.53 bits per heavy atom. The van der Waals surface area contributed by atoms with Crippen molar-refractivity contribution < 1.29 is 13.9 Å². The molecule has 0 spiro atoms. The summed E-state index contributed by atoms with van der Waals surface area (Å²) < 4.78 is 18.7. The molecule has 1 N–H and O–H groups in total. The van der Waals surface area contributed by atoms with Gasteiger partial charge in [0.1, 0.15) is 5.82 Å². The van der Waals surface area contributed by atoms with Crippen LogP contribution in [0.2, 0.25) is 5.02 Å². The molecule has 0 bridgehead atoms. The van der Waals surface area contributed by atoms with Gasteiger partial charge in [0.05, 0.1) is 12.0 Å². The Balaban J connectivity index is 2.00. The predicted octanol–water partition coefficient (Wildman–Crippen LogP) is 2.91. The van der Waals surface area contributed by atoms with E-state index >= 15 is 0 Å². The van der Waals surface area contributed by atoms with Crippen LogP contribution in [0.3, 0.4) is 0 Å². The topological polar surface area (TPSA) is 38.3 Å². The molecular formula is C14H17ClFNO2. The number of ether oxygens (including phenoxy) is 1. The lowest BCUT2D eigenvalue weighted by molar-refractivity contribution is -0.140. The third-order valence-corrected chi connectivity index (χ3v) is 4.05. The van der Waals surface area contributed by atoms with Crippen LogP contribution in [0.5, 0.6) is 0 Å². The Morgan fingerprint density at radius 2 is 2.26 bits per heavy atom. The van der Waals surface area contributed by atoms with Crippen molar-refractivity contribution in [2.75, 3.05) is 13.7 Å². The molecule has 1 aliphatic carbocycles. The van der Waals surface area contributed by atoms with Gasteiger partial charge in [0, 0.05) is 24.2 Å². The number of nitrogens with one attached hydrogen (secondary N) is 1. The van der Waals surface area contributed by atoms with Crippen LogP contribution in [0.4, 0.5) is 4.39 Å². The quantitative estimate of drug-likeness (QED) is 0.903. The first-order chi connectivity index (χ1) is 9.09. The first-order valence-corrected chi connectivity index (χ1v) is 6.67. The van der Waals surface area contributed by atoms with E-state index in [9.17, 15) is 9.18 Å². The molecule has 104 valence electrons. The Hall–Kier alpha value is -1.13. The van der Waals surface area contributed by atoms with E-state index in [-0.39, 0.29) is 12.5 Å². The second-order valence-electron chi connectivity index (χ2n) is 4.95. The van der Waals surface area contributed by atoms with E-state index in [0.717, 1.165) is 19.3 Å². The van der Waals surface area contributed by atoms with Crippen molar-refractivity contribution in [3.63, 3.8) is 0 Å². The first kappa shape index (κ1) is 14.3. The molecule has 0 atom stereocenters. The Labute approximate surface area is 117 Å². The average molecular weight is 286 g/mol. The maximum atomic E-state index is 13.6. The molecule has 0 heterocycles. The van der Waals surface area contributed by atoms with Crippen molar-refractivity contribution in [3.8, 4) is 0 Å². The molecule has 1 fully saturated rings. The van der Waals surface area contributed by atoms with Gasteiger partial charge in [-0.25, -0.2) is 4.39 Å². The Kier molecular flexibility index (Phi) is 4.42. The summed E-state index contributed by atoms with van der Waals surface area (Å²) in [5, 5.41) is 3.09. The van der Waals surface area contributed by atoms with Gasteiger partial charge in [0.15, 0.2) is 0 Å². The molecular weight excluding hydrogens is 269 g/mol. The zero-order valence-corrected chi connectivity index (χ0v) is 11.6. The molecule has 3 nitrogen and oxygen atoms in total. The van der Waals surface area contributed by atoms with Gasteiger partial charge in [-0.3, -0.25) is 4.79 Å². The van der Waals surface area contributed by atoms with E-state index < -0.39 is 11.2 Å². The normalized spacial score (nSPS) is 16.8. The number of benzene rings is 1. The van der Waals surface area contributed by atoms with Crippen LogP contribution >= 0.6 is 11.6 Å². The van der Waals surface area contributed by atoms with Crippen molar-refractivity contribution in [1.29, 1.82) is 0 Å². The number of hydrogen-bond acceptors (Lipinski definition) is 2. The number of amides is 1. The fraction of sp³-hybridized carbons (Fsp3) is 0.500. The minimum Gasteiger partial charge on any atom is -0.384 e. The Bertz CT molecular complexity index is 454. The summed E-state index contributed by atoms with van der Waals surface area (Å²) in [5.41, 5.74) is -0.114. The molecule has 5 heteroatoms. The number of methoxy groups -OCH3 is 1. The van der Waals surface area contributed by atoms with Crippen molar-refractivity contribution in [3.05, 3.63) is 34.6 Å². The highest BCUT2D eigenvalue weighted by atomic mass is 35.5. The van der Waals surface area contributed by atoms with E-state index in [1.807, 2.05) is 0 Å². The van der Waals surface area contributed by atoms with Crippen molar-refractivity contribution in [2.24, 2.45) is 5.41 Å². The van der Waals surface area contributed by atoms with E-state index in [1.54, 1.807) is 19.2 Å². The molecule has 0 aliphatic heterocycles. The van der Waals surface area contributed by atoms with Gasteiger partial charge in [-0.1, -0.05) is 24.1 Å². The zero-order valence-electron chi connectivity index (χ0n) is 10.8. The van der Waals surface area contributed by atoms with E-state index in [2.05, 4.69) is 5.32 Å². The van der Waals surface area contributed by atoms with Gasteiger partial charge in [-0.2, -0.15) is 0 Å². The maximum Gasteiger partial charge on any atom is 0.228 e. The molecule has 0 unspecified atom stereocenters. The molecule has 1 aromatic rings. The van der Waals surface area contributed by atoms with Crippen LogP contribution in [-0.4, -0.2) is 19.6 Å². The van der Waals surface area contributed by atoms with Crippen molar-refractivity contribution in [2.45, 2.75) is 25.8 Å². The fourth-order valence-corrected chi connectivity index (χ4v) is 2.60. The average Bonchev–Trinajstić information content (AvgIpc) is 2.33. The van der Waals surface area contributed by atoms with Crippen molar-refractivity contribution in [1.82, 2.24) is 5.32 Å². The largest absolute Gasteiger partial charge is 0.384 e. The van der Waals surface area contributed by atoms with Crippen molar-refractivity contribution >= 4 is 17.5 Å². The number of rotatable bonds is 5. The van der Waals surface area contributed by atoms with Gasteiger partial charge in [-0.15, -0.1) is 0 Å². The van der Waals surface area contributed by atoms with Crippen LogP contribution in [0.1, 0.15) is 24.8 Å². The number of hydrogen-bond donors (Lipinski definition) is 1. The highest BCUT2D eigenvalue weighted by Gasteiger charge is 2.44. The minimum atomic E-state index is -0.438. The monoisotopic (exact) mass is 285 g/mol. The summed E-state index contributed by atoms with van der Waals surface area (Å²) in [6.45, 7) is 0.514. The van der Waals surface area contributed by atoms with E-state index in [4.69, 9.17) is 16.3 Å². The minimum absolute atomic E-state index is 0.0834. The molecule has 0 saturated heterocycles. The molecule has 1 amide bonds. The third kappa shape index (κ3) is 2.90. The lowest BCUT2D eigenvalue weighted by atomic mass is 9.68. The third-order valence-electron chi connectivity index (χ3n) is 3.70. The van der Waals surface area contributed by atoms with E-state index in [0.29, 0.717) is 17.2 Å². The molecule has 19 heavy (non-hydrogen) atoms. The lowest BCUT2D eigenvalue weighted by Gasteiger charge is -2.39. The molecule has 1 aliphatic rings. The van der Waals surface area contributed by atoms with Crippen LogP contribution < -0.4 is 5.32 Å². The molecule has 1 saturated carbocycles. The van der Waals surface area contributed by atoms with Gasteiger partial charge in [0.25, 0.3) is 0 Å². The lowest BCUT2D eigenvalue weighted by Crippen LogP contribution is -2.48. The van der Waals surface area contributed by atoms with Crippen LogP contribution in [-0.2, 0) is 16.1 Å². The zero-order chi connectivity index (χ0) is 13.9. The summed E-state index contributed by atoms with van der Waals surface area (Å²) in [4.78, 5) is 12.2. The molecule has 0 aromatic heterocycles. The summed E-state index contributed by atoms with van der Waals surface area (Å²) in [5.74, 6) is -0.484. The van der Waals surface area contributed by atoms with Crippen LogP contribution in [0.25, 0.3) is 0 Å². The highest BCUT2D eigenvalue weighted by Crippen LogP contribution is 2.41. The van der Waals surface area contributed by atoms with Gasteiger partial charge >= 0.3 is 0 Å². The molecule has 1 aromatic carbocycles. The molecule has 0 radical (unpaired) electrons. The number of carbonyl (C=O) groups excluding carboxylic acids is 1. The standard InChI is InChI=1S/C14H17ClFNO2/c1-19-9-14(6-3-7-14)13(18)17-8-10-11(15)4-2-5-12(10)16/h2,4-5H,3,6-9H2,1H3,(H,17,18). The second kappa shape index (κ2) is 5.88. The Morgan fingerprint density at radius 3 is 2.79 bits per heavy atom. The smallest absolute Gasteiger partial charge is 0.228 e. The van der Waals surface area contributed by atoms with Crippen LogP contribution in [0, 0.1) is 11.2 Å².